The van der Waals surface area contributed by atoms with Gasteiger partial charge in [0.2, 0.25) is 0 Å². The van der Waals surface area contributed by atoms with Crippen molar-refractivity contribution in [3.8, 4) is 0 Å². The lowest BCUT2D eigenvalue weighted by atomic mass is 10.1. The van der Waals surface area contributed by atoms with Crippen molar-refractivity contribution in [3.63, 3.8) is 0 Å². The Balaban J connectivity index is 2.63. The highest BCUT2D eigenvalue weighted by Gasteiger charge is 2.27. The lowest BCUT2D eigenvalue weighted by molar-refractivity contribution is -0.120. The molecule has 0 amide bonds. The Morgan fingerprint density at radius 2 is 2.33 bits per heavy atom. The fourth-order valence-corrected chi connectivity index (χ4v) is 1.77. The summed E-state index contributed by atoms with van der Waals surface area (Å²) in [6, 6.07) is 0.123. The predicted octanol–water partition coefficient (Wildman–Crippen LogP) is 1.96. The second-order valence-corrected chi connectivity index (χ2v) is 3.38. The first-order valence-electron chi connectivity index (χ1n) is 4.61. The number of carbonyl (C=O) groups excluding carboxylic acids is 1. The topological polar surface area (TPSA) is 20.3 Å². The Hall–Kier alpha value is -0.790. The molecule has 12 heavy (non-hydrogen) atoms. The predicted molar refractivity (Wildman–Crippen MR) is 49.8 cm³/mol. The van der Waals surface area contributed by atoms with Gasteiger partial charge in [0, 0.05) is 12.2 Å². The van der Waals surface area contributed by atoms with E-state index < -0.39 is 0 Å². The molecular weight excluding hydrogens is 150 g/mol. The van der Waals surface area contributed by atoms with E-state index >= 15 is 0 Å². The molecule has 2 nitrogen and oxygen atoms in total. The summed E-state index contributed by atoms with van der Waals surface area (Å²) >= 11 is 0. The Morgan fingerprint density at radius 3 is 2.83 bits per heavy atom. The van der Waals surface area contributed by atoms with E-state index in [0.717, 1.165) is 31.5 Å². The molecule has 1 aliphatic rings. The van der Waals surface area contributed by atoms with Gasteiger partial charge in [-0.25, -0.2) is 0 Å². The van der Waals surface area contributed by atoms with Crippen LogP contribution in [-0.4, -0.2) is 23.3 Å². The van der Waals surface area contributed by atoms with Crippen LogP contribution >= 0.6 is 0 Å². The van der Waals surface area contributed by atoms with E-state index in [1.54, 1.807) is 6.92 Å². The number of hydrogen-bond donors (Lipinski definition) is 0. The van der Waals surface area contributed by atoms with Gasteiger partial charge < -0.3 is 4.90 Å². The lowest BCUT2D eigenvalue weighted by Gasteiger charge is -2.25. The fourth-order valence-electron chi connectivity index (χ4n) is 1.77. The summed E-state index contributed by atoms with van der Waals surface area (Å²) < 4.78 is 0. The largest absolute Gasteiger partial charge is 0.365 e. The van der Waals surface area contributed by atoms with Gasteiger partial charge in [-0.1, -0.05) is 13.5 Å². The molecule has 0 aromatic rings. The van der Waals surface area contributed by atoms with Crippen LogP contribution in [0.15, 0.2) is 12.3 Å². The Bertz CT molecular complexity index is 198. The van der Waals surface area contributed by atoms with E-state index in [1.165, 1.54) is 0 Å². The molecule has 0 bridgehead atoms. The monoisotopic (exact) mass is 167 g/mol. The molecule has 0 aromatic heterocycles. The Labute approximate surface area is 74.2 Å². The summed E-state index contributed by atoms with van der Waals surface area (Å²) in [5, 5.41) is 0. The number of likely N-dealkylation sites (tertiary alicyclic amines) is 1. The van der Waals surface area contributed by atoms with Crippen LogP contribution in [0.5, 0.6) is 0 Å². The minimum atomic E-state index is 0.123. The molecule has 1 atom stereocenters. The molecule has 1 saturated heterocycles. The highest BCUT2D eigenvalue weighted by Crippen LogP contribution is 2.23. The molecule has 68 valence electrons. The van der Waals surface area contributed by atoms with Crippen molar-refractivity contribution in [2.75, 3.05) is 6.54 Å². The van der Waals surface area contributed by atoms with Gasteiger partial charge >= 0.3 is 0 Å². The van der Waals surface area contributed by atoms with Crippen molar-refractivity contribution in [1.29, 1.82) is 0 Å². The smallest absolute Gasteiger partial charge is 0.152 e. The van der Waals surface area contributed by atoms with Gasteiger partial charge in [-0.05, 0) is 26.2 Å². The average molecular weight is 167 g/mol. The second-order valence-electron chi connectivity index (χ2n) is 3.38. The van der Waals surface area contributed by atoms with E-state index in [9.17, 15) is 4.79 Å². The molecule has 0 unspecified atom stereocenters. The van der Waals surface area contributed by atoms with Crippen molar-refractivity contribution in [2.24, 2.45) is 0 Å². The maximum atomic E-state index is 11.2. The number of rotatable bonds is 3. The van der Waals surface area contributed by atoms with Crippen molar-refractivity contribution >= 4 is 5.78 Å². The number of Topliss-reactive ketones (excluding diaryl/α,β-unsaturated/α-hetero) is 1. The standard InChI is InChI=1S/C10H17NO/c1-4-8(2)11-7-5-6-10(11)9(3)12/h10H,2,4-7H2,1,3H3/t10-/m0/s1. The third kappa shape index (κ3) is 1.68. The zero-order valence-corrected chi connectivity index (χ0v) is 7.97. The van der Waals surface area contributed by atoms with Crippen molar-refractivity contribution in [2.45, 2.75) is 39.2 Å². The maximum Gasteiger partial charge on any atom is 0.152 e. The first-order valence-corrected chi connectivity index (χ1v) is 4.61. The molecule has 0 N–H and O–H groups in total. The van der Waals surface area contributed by atoms with Crippen molar-refractivity contribution in [1.82, 2.24) is 4.90 Å². The van der Waals surface area contributed by atoms with E-state index in [-0.39, 0.29) is 11.8 Å². The van der Waals surface area contributed by atoms with Crippen LogP contribution < -0.4 is 0 Å². The van der Waals surface area contributed by atoms with Crippen LogP contribution in [0.4, 0.5) is 0 Å². The molecule has 1 rings (SSSR count). The molecular formula is C10H17NO. The summed E-state index contributed by atoms with van der Waals surface area (Å²) in [6.45, 7) is 8.73. The van der Waals surface area contributed by atoms with Crippen LogP contribution in [-0.2, 0) is 4.79 Å². The first-order chi connectivity index (χ1) is 5.66. The number of ketones is 1. The summed E-state index contributed by atoms with van der Waals surface area (Å²) in [7, 11) is 0. The van der Waals surface area contributed by atoms with E-state index in [0.29, 0.717) is 0 Å². The van der Waals surface area contributed by atoms with Gasteiger partial charge in [-0.15, -0.1) is 0 Å². The summed E-state index contributed by atoms with van der Waals surface area (Å²) in [4.78, 5) is 13.3. The fraction of sp³-hybridized carbons (Fsp3) is 0.700. The van der Waals surface area contributed by atoms with Gasteiger partial charge in [-0.3, -0.25) is 4.79 Å². The zero-order valence-electron chi connectivity index (χ0n) is 7.97. The van der Waals surface area contributed by atoms with Crippen LogP contribution in [0.25, 0.3) is 0 Å². The maximum absolute atomic E-state index is 11.2. The summed E-state index contributed by atoms with van der Waals surface area (Å²) in [6.07, 6.45) is 3.08. The Morgan fingerprint density at radius 1 is 1.67 bits per heavy atom. The number of carbonyl (C=O) groups is 1. The molecule has 0 radical (unpaired) electrons. The van der Waals surface area contributed by atoms with Crippen LogP contribution in [0.1, 0.15) is 33.1 Å². The van der Waals surface area contributed by atoms with E-state index in [4.69, 9.17) is 0 Å². The van der Waals surface area contributed by atoms with E-state index in [1.807, 2.05) is 0 Å². The molecule has 0 aromatic carbocycles. The van der Waals surface area contributed by atoms with Crippen LogP contribution in [0.2, 0.25) is 0 Å². The molecule has 1 fully saturated rings. The summed E-state index contributed by atoms with van der Waals surface area (Å²) in [5.74, 6) is 0.280. The number of nitrogens with zero attached hydrogens (tertiary/aromatic N) is 1. The van der Waals surface area contributed by atoms with E-state index in [2.05, 4.69) is 18.4 Å². The van der Waals surface area contributed by atoms with Gasteiger partial charge in [0.25, 0.3) is 0 Å². The minimum Gasteiger partial charge on any atom is -0.365 e. The molecule has 1 heterocycles. The first kappa shape index (κ1) is 9.30. The molecule has 0 saturated carbocycles. The Kier molecular flexibility index (Phi) is 2.90. The quantitative estimate of drug-likeness (QED) is 0.640. The van der Waals surface area contributed by atoms with Crippen molar-refractivity contribution < 1.29 is 4.79 Å². The number of hydrogen-bond acceptors (Lipinski definition) is 2. The highest BCUT2D eigenvalue weighted by atomic mass is 16.1. The van der Waals surface area contributed by atoms with Crippen LogP contribution in [0, 0.1) is 0 Å². The van der Waals surface area contributed by atoms with Gasteiger partial charge in [0.05, 0.1) is 6.04 Å². The molecule has 2 heteroatoms. The van der Waals surface area contributed by atoms with Gasteiger partial charge in [0.15, 0.2) is 5.78 Å². The highest BCUT2D eigenvalue weighted by molar-refractivity contribution is 5.82. The number of allylic oxidation sites excluding steroid dienone is 1. The SMILES string of the molecule is C=C(CC)N1CCC[C@H]1C(C)=O. The molecule has 0 spiro atoms. The third-order valence-electron chi connectivity index (χ3n) is 2.54. The van der Waals surface area contributed by atoms with Crippen LogP contribution in [0.3, 0.4) is 0 Å². The molecule has 1 aliphatic heterocycles. The normalized spacial score (nSPS) is 22.8. The van der Waals surface area contributed by atoms with Gasteiger partial charge in [-0.2, -0.15) is 0 Å². The van der Waals surface area contributed by atoms with Crippen molar-refractivity contribution in [3.05, 3.63) is 12.3 Å². The lowest BCUT2D eigenvalue weighted by Crippen LogP contribution is -2.33. The summed E-state index contributed by atoms with van der Waals surface area (Å²) in [5.41, 5.74) is 1.10. The third-order valence-corrected chi connectivity index (χ3v) is 2.54. The second kappa shape index (κ2) is 3.74. The zero-order chi connectivity index (χ0) is 9.14. The average Bonchev–Trinajstić information content (AvgIpc) is 2.50. The van der Waals surface area contributed by atoms with Gasteiger partial charge in [0.1, 0.15) is 0 Å². The minimum absolute atomic E-state index is 0.123. The molecule has 0 aliphatic carbocycles.